The highest BCUT2D eigenvalue weighted by Gasteiger charge is 2.41. The zero-order valence-corrected chi connectivity index (χ0v) is 12.2. The Bertz CT molecular complexity index is 494. The smallest absolute Gasteiger partial charge is 0.311 e. The predicted octanol–water partition coefficient (Wildman–Crippen LogP) is 2.22. The minimum atomic E-state index is -0.822. The van der Waals surface area contributed by atoms with Crippen molar-refractivity contribution in [2.24, 2.45) is 5.41 Å². The Labute approximate surface area is 124 Å². The maximum absolute atomic E-state index is 12.0. The number of rotatable bonds is 6. The first-order valence-electron chi connectivity index (χ1n) is 7.26. The molecule has 1 aromatic rings. The maximum atomic E-state index is 12.0. The fraction of sp³-hybridized carbons (Fsp3) is 0.500. The number of carbonyl (C=O) groups is 2. The molecule has 1 amide bonds. The van der Waals surface area contributed by atoms with Crippen molar-refractivity contribution < 1.29 is 19.4 Å². The van der Waals surface area contributed by atoms with Gasteiger partial charge in [-0.25, -0.2) is 0 Å². The number of carboxylic acids is 1. The molecule has 2 N–H and O–H groups in total. The van der Waals surface area contributed by atoms with Gasteiger partial charge in [-0.3, -0.25) is 9.59 Å². The fourth-order valence-corrected chi connectivity index (χ4v) is 2.67. The molecule has 114 valence electrons. The number of hydrogen-bond acceptors (Lipinski definition) is 3. The molecule has 5 nitrogen and oxygen atoms in total. The number of amides is 1. The van der Waals surface area contributed by atoms with E-state index in [2.05, 4.69) is 5.32 Å². The number of aliphatic carboxylic acids is 1. The van der Waals surface area contributed by atoms with Crippen LogP contribution in [0.15, 0.2) is 30.3 Å². The molecular weight excluding hydrogens is 270 g/mol. The third-order valence-corrected chi connectivity index (χ3v) is 4.04. The number of nitrogens with one attached hydrogen (secondary N) is 1. The van der Waals surface area contributed by atoms with Crippen LogP contribution in [-0.4, -0.2) is 29.6 Å². The molecule has 1 atom stereocenters. The molecule has 1 aliphatic rings. The van der Waals surface area contributed by atoms with Crippen LogP contribution in [0.1, 0.15) is 32.6 Å². The number of carboxylic acid groups (broad SMARTS) is 1. The number of carbonyl (C=O) groups excluding carboxylic acids is 1. The molecule has 0 saturated heterocycles. The zero-order valence-electron chi connectivity index (χ0n) is 12.2. The van der Waals surface area contributed by atoms with Crippen molar-refractivity contribution in [2.45, 2.75) is 38.7 Å². The highest BCUT2D eigenvalue weighted by molar-refractivity contribution is 5.82. The molecule has 1 aliphatic carbocycles. The SMILES string of the molecule is CC(Oc1ccccc1)C(=O)NCC1(C(=O)O)CCCC1. The van der Waals surface area contributed by atoms with E-state index in [0.717, 1.165) is 12.8 Å². The molecule has 0 aliphatic heterocycles. The molecule has 1 aromatic carbocycles. The minimum Gasteiger partial charge on any atom is -0.481 e. The van der Waals surface area contributed by atoms with Crippen LogP contribution in [-0.2, 0) is 9.59 Å². The van der Waals surface area contributed by atoms with Crippen molar-refractivity contribution >= 4 is 11.9 Å². The van der Waals surface area contributed by atoms with Crippen LogP contribution in [0.5, 0.6) is 5.75 Å². The Balaban J connectivity index is 1.87. The van der Waals surface area contributed by atoms with Gasteiger partial charge in [0.1, 0.15) is 5.75 Å². The summed E-state index contributed by atoms with van der Waals surface area (Å²) in [7, 11) is 0. The number of para-hydroxylation sites is 1. The van der Waals surface area contributed by atoms with E-state index in [-0.39, 0.29) is 12.5 Å². The lowest BCUT2D eigenvalue weighted by molar-refractivity contribution is -0.148. The van der Waals surface area contributed by atoms with E-state index in [9.17, 15) is 14.7 Å². The summed E-state index contributed by atoms with van der Waals surface area (Å²) >= 11 is 0. The number of ether oxygens (including phenoxy) is 1. The molecular formula is C16H21NO4. The van der Waals surface area contributed by atoms with E-state index in [1.807, 2.05) is 18.2 Å². The molecule has 0 bridgehead atoms. The summed E-state index contributed by atoms with van der Waals surface area (Å²) in [6, 6.07) is 9.09. The fourth-order valence-electron chi connectivity index (χ4n) is 2.67. The first-order chi connectivity index (χ1) is 10.0. The van der Waals surface area contributed by atoms with Gasteiger partial charge >= 0.3 is 5.97 Å². The lowest BCUT2D eigenvalue weighted by atomic mass is 9.86. The summed E-state index contributed by atoms with van der Waals surface area (Å²) in [5, 5.41) is 12.1. The van der Waals surface area contributed by atoms with Crippen LogP contribution in [0.3, 0.4) is 0 Å². The lowest BCUT2D eigenvalue weighted by Crippen LogP contribution is -2.45. The van der Waals surface area contributed by atoms with Crippen LogP contribution in [0.2, 0.25) is 0 Å². The number of hydrogen-bond donors (Lipinski definition) is 2. The van der Waals surface area contributed by atoms with E-state index < -0.39 is 17.5 Å². The second-order valence-corrected chi connectivity index (χ2v) is 5.58. The van der Waals surface area contributed by atoms with E-state index in [1.165, 1.54) is 0 Å². The molecule has 1 saturated carbocycles. The van der Waals surface area contributed by atoms with Crippen molar-refractivity contribution in [3.8, 4) is 5.75 Å². The second kappa shape index (κ2) is 6.61. The van der Waals surface area contributed by atoms with Crippen molar-refractivity contribution in [3.63, 3.8) is 0 Å². The summed E-state index contributed by atoms with van der Waals surface area (Å²) in [6.07, 6.45) is 2.39. The van der Waals surface area contributed by atoms with Crippen molar-refractivity contribution in [1.82, 2.24) is 5.32 Å². The van der Waals surface area contributed by atoms with Crippen molar-refractivity contribution in [1.29, 1.82) is 0 Å². The third kappa shape index (κ3) is 3.74. The van der Waals surface area contributed by atoms with Crippen LogP contribution in [0, 0.1) is 5.41 Å². The summed E-state index contributed by atoms with van der Waals surface area (Å²) in [6.45, 7) is 1.83. The van der Waals surface area contributed by atoms with Crippen LogP contribution in [0.25, 0.3) is 0 Å². The number of benzene rings is 1. The molecule has 0 radical (unpaired) electrons. The topological polar surface area (TPSA) is 75.6 Å². The summed E-state index contributed by atoms with van der Waals surface area (Å²) in [4.78, 5) is 23.5. The molecule has 0 heterocycles. The molecule has 0 spiro atoms. The molecule has 5 heteroatoms. The van der Waals surface area contributed by atoms with Gasteiger partial charge in [0.15, 0.2) is 6.10 Å². The van der Waals surface area contributed by atoms with E-state index >= 15 is 0 Å². The minimum absolute atomic E-state index is 0.170. The van der Waals surface area contributed by atoms with Gasteiger partial charge in [0.2, 0.25) is 0 Å². The molecule has 0 aromatic heterocycles. The van der Waals surface area contributed by atoms with Gasteiger partial charge < -0.3 is 15.2 Å². The molecule has 2 rings (SSSR count). The normalized spacial score (nSPS) is 18.0. The summed E-state index contributed by atoms with van der Waals surface area (Å²) in [5.41, 5.74) is -0.803. The largest absolute Gasteiger partial charge is 0.481 e. The van der Waals surface area contributed by atoms with Crippen molar-refractivity contribution in [2.75, 3.05) is 6.54 Å². The Morgan fingerprint density at radius 3 is 2.48 bits per heavy atom. The quantitative estimate of drug-likeness (QED) is 0.842. The summed E-state index contributed by atoms with van der Waals surface area (Å²) in [5.74, 6) is -0.489. The lowest BCUT2D eigenvalue weighted by Gasteiger charge is -2.25. The third-order valence-electron chi connectivity index (χ3n) is 4.04. The monoisotopic (exact) mass is 291 g/mol. The van der Waals surface area contributed by atoms with Crippen LogP contribution < -0.4 is 10.1 Å². The van der Waals surface area contributed by atoms with Gasteiger partial charge in [-0.15, -0.1) is 0 Å². The average Bonchev–Trinajstić information content (AvgIpc) is 2.96. The van der Waals surface area contributed by atoms with E-state index in [4.69, 9.17) is 4.74 Å². The first kappa shape index (κ1) is 15.4. The van der Waals surface area contributed by atoms with Crippen molar-refractivity contribution in [3.05, 3.63) is 30.3 Å². The predicted molar refractivity (Wildman–Crippen MR) is 78.1 cm³/mol. The van der Waals surface area contributed by atoms with Gasteiger partial charge in [-0.2, -0.15) is 0 Å². The molecule has 1 fully saturated rings. The van der Waals surface area contributed by atoms with E-state index in [1.54, 1.807) is 19.1 Å². The highest BCUT2D eigenvalue weighted by Crippen LogP contribution is 2.37. The first-order valence-corrected chi connectivity index (χ1v) is 7.26. The van der Waals surface area contributed by atoms with Gasteiger partial charge in [0.25, 0.3) is 5.91 Å². The van der Waals surface area contributed by atoms with Gasteiger partial charge in [-0.05, 0) is 31.9 Å². The second-order valence-electron chi connectivity index (χ2n) is 5.58. The Morgan fingerprint density at radius 2 is 1.90 bits per heavy atom. The van der Waals surface area contributed by atoms with Gasteiger partial charge in [-0.1, -0.05) is 31.0 Å². The van der Waals surface area contributed by atoms with E-state index in [0.29, 0.717) is 18.6 Å². The van der Waals surface area contributed by atoms with Gasteiger partial charge in [0, 0.05) is 6.54 Å². The Kier molecular flexibility index (Phi) is 4.83. The van der Waals surface area contributed by atoms with Crippen LogP contribution in [0.4, 0.5) is 0 Å². The van der Waals surface area contributed by atoms with Crippen LogP contribution >= 0.6 is 0 Å². The highest BCUT2D eigenvalue weighted by atomic mass is 16.5. The molecule has 21 heavy (non-hydrogen) atoms. The van der Waals surface area contributed by atoms with Gasteiger partial charge in [0.05, 0.1) is 5.41 Å². The Hall–Kier alpha value is -2.04. The average molecular weight is 291 g/mol. The maximum Gasteiger partial charge on any atom is 0.311 e. The Morgan fingerprint density at radius 1 is 1.29 bits per heavy atom. The zero-order chi connectivity index (χ0) is 15.3. The summed E-state index contributed by atoms with van der Waals surface area (Å²) < 4.78 is 5.53. The molecule has 1 unspecified atom stereocenters. The standard InChI is InChI=1S/C16H21NO4/c1-12(21-13-7-3-2-4-8-13)14(18)17-11-16(15(19)20)9-5-6-10-16/h2-4,7-8,12H,5-6,9-11H2,1H3,(H,17,18)(H,19,20).